The van der Waals surface area contributed by atoms with Crippen LogP contribution in [-0.2, 0) is 27.3 Å². The Morgan fingerprint density at radius 2 is 1.84 bits per heavy atom. The Morgan fingerprint density at radius 3 is 2.58 bits per heavy atom. The molecule has 160 valence electrons. The molecule has 2 fully saturated rings. The molecule has 0 bridgehead atoms. The fourth-order valence-electron chi connectivity index (χ4n) is 4.51. The van der Waals surface area contributed by atoms with Crippen LogP contribution in [0.5, 0.6) is 0 Å². The molecule has 5 rings (SSSR count). The fraction of sp³-hybridized carbons (Fsp3) is 0.400. The lowest BCUT2D eigenvalue weighted by atomic mass is 10.1. The molecule has 31 heavy (non-hydrogen) atoms. The highest BCUT2D eigenvalue weighted by Crippen LogP contribution is 2.38. The molecule has 1 aliphatic carbocycles. The maximum atomic E-state index is 12.7. The molecule has 1 N–H and O–H groups in total. The molecule has 1 saturated heterocycles. The largest absolute Gasteiger partial charge is 0.352 e. The molecule has 1 atom stereocenters. The second-order valence-corrected chi connectivity index (χ2v) is 8.94. The van der Waals surface area contributed by atoms with Crippen molar-refractivity contribution in [2.24, 2.45) is 11.8 Å². The molecule has 2 aliphatic heterocycles. The summed E-state index contributed by atoms with van der Waals surface area (Å²) in [5.74, 6) is -0.0312. The summed E-state index contributed by atoms with van der Waals surface area (Å²) >= 11 is 0. The number of amides is 3. The van der Waals surface area contributed by atoms with E-state index in [4.69, 9.17) is 0 Å². The number of anilines is 2. The lowest BCUT2D eigenvalue weighted by molar-refractivity contribution is -0.126. The number of rotatable bonds is 5. The van der Waals surface area contributed by atoms with Gasteiger partial charge in [0.15, 0.2) is 0 Å². The van der Waals surface area contributed by atoms with Crippen LogP contribution in [0.15, 0.2) is 42.5 Å². The van der Waals surface area contributed by atoms with Gasteiger partial charge < -0.3 is 15.1 Å². The first-order valence-corrected chi connectivity index (χ1v) is 11.1. The molecule has 0 radical (unpaired) electrons. The molecule has 2 heterocycles. The van der Waals surface area contributed by atoms with Crippen LogP contribution < -0.4 is 15.1 Å². The van der Waals surface area contributed by atoms with Gasteiger partial charge >= 0.3 is 0 Å². The first-order valence-electron chi connectivity index (χ1n) is 11.1. The van der Waals surface area contributed by atoms with Crippen LogP contribution in [0.3, 0.4) is 0 Å². The van der Waals surface area contributed by atoms with E-state index in [1.807, 2.05) is 54.3 Å². The Bertz CT molecular complexity index is 1040. The monoisotopic (exact) mass is 417 g/mol. The third-order valence-corrected chi connectivity index (χ3v) is 6.55. The summed E-state index contributed by atoms with van der Waals surface area (Å²) in [7, 11) is 0. The summed E-state index contributed by atoms with van der Waals surface area (Å²) in [6.07, 6.45) is 3.03. The Hall–Kier alpha value is -3.15. The number of carbonyl (C=O) groups excluding carboxylic acids is 3. The van der Waals surface area contributed by atoms with E-state index in [9.17, 15) is 14.4 Å². The van der Waals surface area contributed by atoms with Crippen molar-refractivity contribution in [3.63, 3.8) is 0 Å². The van der Waals surface area contributed by atoms with E-state index in [2.05, 4.69) is 5.32 Å². The number of aryl methyl sites for hydroxylation is 1. The van der Waals surface area contributed by atoms with Gasteiger partial charge in [0.1, 0.15) is 0 Å². The highest BCUT2D eigenvalue weighted by Gasteiger charge is 2.38. The Labute approximate surface area is 182 Å². The topological polar surface area (TPSA) is 69.7 Å². The zero-order valence-electron chi connectivity index (χ0n) is 17.8. The van der Waals surface area contributed by atoms with Gasteiger partial charge in [-0.1, -0.05) is 29.8 Å². The van der Waals surface area contributed by atoms with Crippen molar-refractivity contribution in [1.29, 1.82) is 0 Å². The van der Waals surface area contributed by atoms with Crippen molar-refractivity contribution < 1.29 is 14.4 Å². The maximum Gasteiger partial charge on any atom is 0.230 e. The Kier molecular flexibility index (Phi) is 5.00. The average molecular weight is 418 g/mol. The van der Waals surface area contributed by atoms with Crippen molar-refractivity contribution in [2.45, 2.75) is 39.2 Å². The quantitative estimate of drug-likeness (QED) is 0.813. The van der Waals surface area contributed by atoms with Gasteiger partial charge in [0.05, 0.1) is 5.92 Å². The minimum atomic E-state index is -0.348. The van der Waals surface area contributed by atoms with Crippen LogP contribution in [0.1, 0.15) is 36.0 Å². The predicted octanol–water partition coefficient (Wildman–Crippen LogP) is 2.96. The Morgan fingerprint density at radius 1 is 1.06 bits per heavy atom. The lowest BCUT2D eigenvalue weighted by Crippen LogP contribution is -2.32. The number of nitrogens with zero attached hydrogens (tertiary/aromatic N) is 2. The van der Waals surface area contributed by atoms with Gasteiger partial charge in [-0.3, -0.25) is 14.4 Å². The summed E-state index contributed by atoms with van der Waals surface area (Å²) in [6.45, 7) is 3.60. The average Bonchev–Trinajstić information content (AvgIpc) is 3.43. The molecule has 2 aromatic carbocycles. The molecule has 1 saturated carbocycles. The van der Waals surface area contributed by atoms with Crippen LogP contribution in [0.2, 0.25) is 0 Å². The van der Waals surface area contributed by atoms with Gasteiger partial charge in [-0.05, 0) is 55.5 Å². The fourth-order valence-corrected chi connectivity index (χ4v) is 4.51. The smallest absolute Gasteiger partial charge is 0.230 e. The standard InChI is InChI=1S/C25H27N3O3/c1-16-2-4-17(5-3-16)14-26-24(30)20-13-23(29)28(15-20)21-8-9-22-19(12-21)10-11-27(22)25(31)18-6-7-18/h2-5,8-9,12,18,20H,6-7,10-11,13-15H2,1H3,(H,26,30). The van der Waals surface area contributed by atoms with Gasteiger partial charge in [-0.2, -0.15) is 0 Å². The van der Waals surface area contributed by atoms with Crippen molar-refractivity contribution in [3.05, 3.63) is 59.2 Å². The summed E-state index contributed by atoms with van der Waals surface area (Å²) in [4.78, 5) is 41.4. The molecule has 3 aliphatic rings. The van der Waals surface area contributed by atoms with Crippen LogP contribution in [0.25, 0.3) is 0 Å². The van der Waals surface area contributed by atoms with E-state index >= 15 is 0 Å². The number of nitrogens with one attached hydrogen (secondary N) is 1. The van der Waals surface area contributed by atoms with Crippen molar-refractivity contribution >= 4 is 29.1 Å². The van der Waals surface area contributed by atoms with E-state index < -0.39 is 0 Å². The summed E-state index contributed by atoms with van der Waals surface area (Å²) in [5, 5.41) is 2.97. The molecule has 0 spiro atoms. The minimum absolute atomic E-state index is 0.0284. The third-order valence-electron chi connectivity index (χ3n) is 6.55. The third kappa shape index (κ3) is 3.94. The number of benzene rings is 2. The van der Waals surface area contributed by atoms with Gasteiger partial charge in [0.2, 0.25) is 17.7 Å². The first kappa shape index (κ1) is 19.8. The molecular formula is C25H27N3O3. The molecule has 1 unspecified atom stereocenters. The van der Waals surface area contributed by atoms with Gasteiger partial charge in [-0.25, -0.2) is 0 Å². The van der Waals surface area contributed by atoms with E-state index in [1.165, 1.54) is 5.56 Å². The van der Waals surface area contributed by atoms with Crippen LogP contribution in [0.4, 0.5) is 11.4 Å². The molecule has 6 nitrogen and oxygen atoms in total. The summed E-state index contributed by atoms with van der Waals surface area (Å²) < 4.78 is 0. The number of hydrogen-bond acceptors (Lipinski definition) is 3. The Balaban J connectivity index is 1.23. The molecular weight excluding hydrogens is 390 g/mol. The normalized spacial score (nSPS) is 20.2. The lowest BCUT2D eigenvalue weighted by Gasteiger charge is -2.20. The number of fused-ring (bicyclic) bond motifs is 1. The van der Waals surface area contributed by atoms with Crippen molar-refractivity contribution in [3.8, 4) is 0 Å². The summed E-state index contributed by atoms with van der Waals surface area (Å²) in [5.41, 5.74) is 5.12. The number of carbonyl (C=O) groups is 3. The van der Waals surface area contributed by atoms with Crippen LogP contribution in [-0.4, -0.2) is 30.8 Å². The van der Waals surface area contributed by atoms with Gasteiger partial charge in [0, 0.05) is 43.3 Å². The highest BCUT2D eigenvalue weighted by atomic mass is 16.2. The molecule has 2 aromatic rings. The van der Waals surface area contributed by atoms with E-state index in [1.54, 1.807) is 4.90 Å². The number of hydrogen-bond donors (Lipinski definition) is 1. The predicted molar refractivity (Wildman–Crippen MR) is 119 cm³/mol. The van der Waals surface area contributed by atoms with Crippen molar-refractivity contribution in [1.82, 2.24) is 5.32 Å². The zero-order chi connectivity index (χ0) is 21.5. The zero-order valence-corrected chi connectivity index (χ0v) is 17.8. The van der Waals surface area contributed by atoms with Crippen molar-refractivity contribution in [2.75, 3.05) is 22.9 Å². The SMILES string of the molecule is Cc1ccc(CNC(=O)C2CC(=O)N(c3ccc4c(c3)CCN4C(=O)C3CC3)C2)cc1. The minimum Gasteiger partial charge on any atom is -0.352 e. The van der Waals surface area contributed by atoms with Crippen LogP contribution in [0, 0.1) is 18.8 Å². The molecule has 3 amide bonds. The van der Waals surface area contributed by atoms with Gasteiger partial charge in [-0.15, -0.1) is 0 Å². The van der Waals surface area contributed by atoms with E-state index in [-0.39, 0.29) is 36.0 Å². The maximum absolute atomic E-state index is 12.7. The first-order chi connectivity index (χ1) is 15.0. The van der Waals surface area contributed by atoms with E-state index in [0.717, 1.165) is 41.8 Å². The van der Waals surface area contributed by atoms with E-state index in [0.29, 0.717) is 19.6 Å². The second-order valence-electron chi connectivity index (χ2n) is 8.94. The molecule has 6 heteroatoms. The highest BCUT2D eigenvalue weighted by molar-refractivity contribution is 6.02. The van der Waals surface area contributed by atoms with Crippen LogP contribution >= 0.6 is 0 Å². The molecule has 0 aromatic heterocycles. The summed E-state index contributed by atoms with van der Waals surface area (Å²) in [6, 6.07) is 13.9. The second kappa shape index (κ2) is 7.84. The van der Waals surface area contributed by atoms with Gasteiger partial charge in [0.25, 0.3) is 0 Å².